The number of hydrogen-bond donors (Lipinski definition) is 0. The second-order valence-corrected chi connectivity index (χ2v) is 4.02. The van der Waals surface area contributed by atoms with Crippen LogP contribution in [0.4, 0.5) is 14.5 Å². The summed E-state index contributed by atoms with van der Waals surface area (Å²) in [5.74, 6) is 0.438. The van der Waals surface area contributed by atoms with Gasteiger partial charge in [0.05, 0.1) is 4.92 Å². The molecule has 0 bridgehead atoms. The number of aryl methyl sites for hydroxylation is 1. The van der Waals surface area contributed by atoms with Crippen molar-refractivity contribution in [3.63, 3.8) is 0 Å². The van der Waals surface area contributed by atoms with Gasteiger partial charge in [-0.2, -0.15) is 8.78 Å². The van der Waals surface area contributed by atoms with Gasteiger partial charge < -0.3 is 4.74 Å². The first-order valence-corrected chi connectivity index (χ1v) is 5.66. The van der Waals surface area contributed by atoms with Gasteiger partial charge in [-0.15, -0.1) is 0 Å². The van der Waals surface area contributed by atoms with E-state index >= 15 is 0 Å². The molecular weight excluding hydrogens is 272 g/mol. The van der Waals surface area contributed by atoms with Crippen molar-refractivity contribution >= 4 is 5.69 Å². The average Bonchev–Trinajstić information content (AvgIpc) is 2.84. The predicted octanol–water partition coefficient (Wildman–Crippen LogP) is 3.07. The fourth-order valence-corrected chi connectivity index (χ4v) is 1.70. The second-order valence-electron chi connectivity index (χ2n) is 4.02. The van der Waals surface area contributed by atoms with Crippen LogP contribution in [-0.2, 0) is 6.61 Å². The van der Waals surface area contributed by atoms with Crippen LogP contribution in [0, 0.1) is 17.0 Å². The number of nitro benzene ring substituents is 1. The van der Waals surface area contributed by atoms with E-state index in [0.717, 1.165) is 6.20 Å². The number of halogens is 2. The second kappa shape index (κ2) is 5.64. The van der Waals surface area contributed by atoms with Gasteiger partial charge in [-0.1, -0.05) is 0 Å². The average molecular weight is 283 g/mol. The van der Waals surface area contributed by atoms with Gasteiger partial charge in [-0.3, -0.25) is 14.7 Å². The minimum Gasteiger partial charge on any atom is -0.486 e. The lowest BCUT2D eigenvalue weighted by Crippen LogP contribution is -2.07. The van der Waals surface area contributed by atoms with Crippen molar-refractivity contribution in [3.05, 3.63) is 52.1 Å². The number of nitro groups is 1. The highest BCUT2D eigenvalue weighted by Gasteiger charge is 2.13. The van der Waals surface area contributed by atoms with Gasteiger partial charge in [-0.05, 0) is 19.1 Å². The number of alkyl halides is 2. The molecule has 2 aromatic rings. The number of benzene rings is 1. The molecule has 0 spiro atoms. The molecule has 0 N–H and O–H groups in total. The van der Waals surface area contributed by atoms with E-state index in [-0.39, 0.29) is 18.1 Å². The van der Waals surface area contributed by atoms with Gasteiger partial charge in [0.15, 0.2) is 5.82 Å². The lowest BCUT2D eigenvalue weighted by atomic mass is 10.2. The number of hydrogen-bond acceptors (Lipinski definition) is 4. The zero-order valence-electron chi connectivity index (χ0n) is 10.5. The third kappa shape index (κ3) is 2.90. The van der Waals surface area contributed by atoms with Crippen LogP contribution in [0.3, 0.4) is 0 Å². The quantitative estimate of drug-likeness (QED) is 0.624. The third-order valence-corrected chi connectivity index (χ3v) is 2.69. The maximum Gasteiger partial charge on any atom is 0.320 e. The number of imidazole rings is 1. The van der Waals surface area contributed by atoms with Gasteiger partial charge in [0.1, 0.15) is 12.4 Å². The molecule has 1 aromatic carbocycles. The van der Waals surface area contributed by atoms with Crippen LogP contribution in [0.15, 0.2) is 30.6 Å². The molecule has 106 valence electrons. The van der Waals surface area contributed by atoms with Gasteiger partial charge >= 0.3 is 6.55 Å². The molecular formula is C12H11F2N3O3. The Balaban J connectivity index is 2.09. The number of ether oxygens (including phenoxy) is 1. The molecule has 0 amide bonds. The molecule has 0 aliphatic heterocycles. The van der Waals surface area contributed by atoms with E-state index in [1.807, 2.05) is 0 Å². The lowest BCUT2D eigenvalue weighted by molar-refractivity contribution is -0.385. The largest absolute Gasteiger partial charge is 0.486 e. The molecule has 1 aromatic heterocycles. The van der Waals surface area contributed by atoms with Crippen LogP contribution in [0.2, 0.25) is 0 Å². The van der Waals surface area contributed by atoms with Crippen molar-refractivity contribution < 1.29 is 18.4 Å². The van der Waals surface area contributed by atoms with Crippen molar-refractivity contribution in [2.75, 3.05) is 0 Å². The first-order chi connectivity index (χ1) is 9.49. The molecule has 0 unspecified atom stereocenters. The van der Waals surface area contributed by atoms with Crippen LogP contribution in [0.5, 0.6) is 5.75 Å². The third-order valence-electron chi connectivity index (χ3n) is 2.69. The first-order valence-electron chi connectivity index (χ1n) is 5.66. The minimum atomic E-state index is -2.69. The summed E-state index contributed by atoms with van der Waals surface area (Å²) in [7, 11) is 0. The highest BCUT2D eigenvalue weighted by molar-refractivity contribution is 5.44. The summed E-state index contributed by atoms with van der Waals surface area (Å²) in [6.45, 7) is -1.26. The summed E-state index contributed by atoms with van der Waals surface area (Å²) in [6, 6.07) is 4.21. The van der Waals surface area contributed by atoms with Gasteiger partial charge in [0, 0.05) is 24.0 Å². The van der Waals surface area contributed by atoms with E-state index in [1.165, 1.54) is 24.4 Å². The van der Waals surface area contributed by atoms with Crippen molar-refractivity contribution in [1.82, 2.24) is 9.55 Å². The normalized spacial score (nSPS) is 10.8. The Morgan fingerprint density at radius 2 is 2.25 bits per heavy atom. The smallest absolute Gasteiger partial charge is 0.320 e. The summed E-state index contributed by atoms with van der Waals surface area (Å²) < 4.78 is 31.2. The van der Waals surface area contributed by atoms with Crippen LogP contribution < -0.4 is 4.74 Å². The summed E-state index contributed by atoms with van der Waals surface area (Å²) in [5, 5.41) is 10.7. The lowest BCUT2D eigenvalue weighted by Gasteiger charge is -2.09. The zero-order valence-corrected chi connectivity index (χ0v) is 10.5. The maximum atomic E-state index is 12.6. The Hall–Kier alpha value is -2.51. The number of aromatic nitrogens is 2. The molecule has 20 heavy (non-hydrogen) atoms. The Morgan fingerprint density at radius 3 is 2.85 bits per heavy atom. The highest BCUT2D eigenvalue weighted by Crippen LogP contribution is 2.24. The van der Waals surface area contributed by atoms with Crippen LogP contribution >= 0.6 is 0 Å². The molecule has 0 saturated carbocycles. The maximum absolute atomic E-state index is 12.6. The molecule has 1 heterocycles. The Bertz CT molecular complexity index is 628. The zero-order chi connectivity index (χ0) is 14.7. The van der Waals surface area contributed by atoms with Gasteiger partial charge in [0.2, 0.25) is 0 Å². The topological polar surface area (TPSA) is 70.2 Å². The number of nitrogens with zero attached hydrogens (tertiary/aromatic N) is 3. The van der Waals surface area contributed by atoms with Gasteiger partial charge in [-0.25, -0.2) is 4.98 Å². The fraction of sp³-hybridized carbons (Fsp3) is 0.250. The van der Waals surface area contributed by atoms with E-state index in [0.29, 0.717) is 15.9 Å². The van der Waals surface area contributed by atoms with Crippen LogP contribution in [-0.4, -0.2) is 14.5 Å². The Labute approximate surface area is 112 Å². The molecule has 0 radical (unpaired) electrons. The molecule has 0 atom stereocenters. The highest BCUT2D eigenvalue weighted by atomic mass is 19.3. The van der Waals surface area contributed by atoms with Crippen molar-refractivity contribution in [2.45, 2.75) is 20.1 Å². The summed E-state index contributed by atoms with van der Waals surface area (Å²) in [5.41, 5.74) is 0.413. The van der Waals surface area contributed by atoms with E-state index in [2.05, 4.69) is 4.98 Å². The standard InChI is InChI=1S/C12H11F2N3O3/c1-8-6-9(2-3-10(8)17(18)19)20-7-11-15-4-5-16(11)12(13)14/h2-6,12H,7H2,1H3. The molecule has 0 fully saturated rings. The monoisotopic (exact) mass is 283 g/mol. The van der Waals surface area contributed by atoms with Gasteiger partial charge in [0.25, 0.3) is 5.69 Å². The summed E-state index contributed by atoms with van der Waals surface area (Å²) >= 11 is 0. The number of rotatable bonds is 5. The van der Waals surface area contributed by atoms with E-state index in [1.54, 1.807) is 6.92 Å². The summed E-state index contributed by atoms with van der Waals surface area (Å²) in [4.78, 5) is 13.9. The molecule has 0 saturated heterocycles. The Morgan fingerprint density at radius 1 is 1.50 bits per heavy atom. The minimum absolute atomic E-state index is 0.0218. The van der Waals surface area contributed by atoms with E-state index in [4.69, 9.17) is 4.74 Å². The fourth-order valence-electron chi connectivity index (χ4n) is 1.70. The van der Waals surface area contributed by atoms with Crippen LogP contribution in [0.1, 0.15) is 17.9 Å². The van der Waals surface area contributed by atoms with Crippen LogP contribution in [0.25, 0.3) is 0 Å². The van der Waals surface area contributed by atoms with Crippen molar-refractivity contribution in [2.24, 2.45) is 0 Å². The van der Waals surface area contributed by atoms with Crippen molar-refractivity contribution in [1.29, 1.82) is 0 Å². The van der Waals surface area contributed by atoms with E-state index < -0.39 is 11.5 Å². The van der Waals surface area contributed by atoms with Crippen molar-refractivity contribution in [3.8, 4) is 5.75 Å². The molecule has 0 aliphatic rings. The SMILES string of the molecule is Cc1cc(OCc2nccn2C(F)F)ccc1[N+](=O)[O-]. The first kappa shape index (κ1) is 13.9. The molecule has 2 rings (SSSR count). The summed E-state index contributed by atoms with van der Waals surface area (Å²) in [6.07, 6.45) is 2.41. The Kier molecular flexibility index (Phi) is 3.92. The molecule has 6 nitrogen and oxygen atoms in total. The molecule has 0 aliphatic carbocycles. The molecule has 8 heteroatoms. The van der Waals surface area contributed by atoms with E-state index in [9.17, 15) is 18.9 Å². The predicted molar refractivity (Wildman–Crippen MR) is 65.6 cm³/mol.